The van der Waals surface area contributed by atoms with E-state index in [1.165, 1.54) is 14.2 Å². The predicted octanol–water partition coefficient (Wildman–Crippen LogP) is 0.651. The van der Waals surface area contributed by atoms with Gasteiger partial charge in [0.1, 0.15) is 0 Å². The maximum Gasteiger partial charge on any atom is 0.306 e. The second-order valence-corrected chi connectivity index (χ2v) is 4.54. The highest BCUT2D eigenvalue weighted by Gasteiger charge is 2.36. The molecule has 0 aromatic carbocycles. The van der Waals surface area contributed by atoms with Crippen LogP contribution in [0.25, 0.3) is 0 Å². The number of aromatic nitrogens is 2. The number of anilines is 1. The average molecular weight is 267 g/mol. The summed E-state index contributed by atoms with van der Waals surface area (Å²) in [6.07, 6.45) is 0. The van der Waals surface area contributed by atoms with E-state index < -0.39 is 5.97 Å². The van der Waals surface area contributed by atoms with Crippen LogP contribution in [-0.2, 0) is 4.79 Å². The molecule has 7 nitrogen and oxygen atoms in total. The quantitative estimate of drug-likeness (QED) is 0.838. The minimum atomic E-state index is -0.770. The molecular formula is C12H17N3O4. The van der Waals surface area contributed by atoms with E-state index in [2.05, 4.69) is 9.97 Å². The zero-order valence-corrected chi connectivity index (χ0v) is 11.2. The van der Waals surface area contributed by atoms with Crippen LogP contribution in [0.4, 0.5) is 5.95 Å². The molecule has 0 bridgehead atoms. The predicted molar refractivity (Wildman–Crippen MR) is 67.6 cm³/mol. The summed E-state index contributed by atoms with van der Waals surface area (Å²) >= 11 is 0. The van der Waals surface area contributed by atoms with Crippen molar-refractivity contribution < 1.29 is 19.4 Å². The van der Waals surface area contributed by atoms with Crippen molar-refractivity contribution in [2.75, 3.05) is 32.2 Å². The van der Waals surface area contributed by atoms with Crippen molar-refractivity contribution in [3.8, 4) is 11.8 Å². The third kappa shape index (κ3) is 2.69. The standard InChI is InChI=1S/C12H17N3O4/c1-7(11(16)17)8-5-15(6-8)12-13-9(18-2)4-10(14-12)19-3/h4,7-8H,5-6H2,1-3H3,(H,16,17). The number of aliphatic carboxylic acids is 1. The number of carboxylic acid groups (broad SMARTS) is 1. The van der Waals surface area contributed by atoms with E-state index in [4.69, 9.17) is 14.6 Å². The number of carboxylic acids is 1. The Labute approximate surface area is 111 Å². The summed E-state index contributed by atoms with van der Waals surface area (Å²) < 4.78 is 10.2. The van der Waals surface area contributed by atoms with Crippen molar-refractivity contribution in [3.05, 3.63) is 6.07 Å². The SMILES string of the molecule is COc1cc(OC)nc(N2CC(C(C)C(=O)O)C2)n1. The molecule has 1 N–H and O–H groups in total. The molecule has 2 rings (SSSR count). The molecule has 0 amide bonds. The van der Waals surface area contributed by atoms with Crippen LogP contribution in [0.5, 0.6) is 11.8 Å². The number of methoxy groups -OCH3 is 2. The summed E-state index contributed by atoms with van der Waals surface area (Å²) in [5, 5.41) is 8.95. The van der Waals surface area contributed by atoms with Gasteiger partial charge in [0.15, 0.2) is 0 Å². The van der Waals surface area contributed by atoms with Gasteiger partial charge in [-0.25, -0.2) is 0 Å². The lowest BCUT2D eigenvalue weighted by molar-refractivity contribution is -0.143. The van der Waals surface area contributed by atoms with E-state index in [1.807, 2.05) is 4.90 Å². The van der Waals surface area contributed by atoms with Crippen LogP contribution in [-0.4, -0.2) is 48.4 Å². The summed E-state index contributed by atoms with van der Waals surface area (Å²) in [7, 11) is 3.05. The highest BCUT2D eigenvalue weighted by Crippen LogP contribution is 2.29. The fraction of sp³-hybridized carbons (Fsp3) is 0.583. The highest BCUT2D eigenvalue weighted by molar-refractivity contribution is 5.70. The van der Waals surface area contributed by atoms with E-state index in [0.29, 0.717) is 30.8 Å². The molecule has 104 valence electrons. The van der Waals surface area contributed by atoms with Gasteiger partial charge in [0.25, 0.3) is 0 Å². The number of nitrogens with zero attached hydrogens (tertiary/aromatic N) is 3. The number of rotatable bonds is 5. The molecule has 0 spiro atoms. The molecule has 0 saturated carbocycles. The lowest BCUT2D eigenvalue weighted by Gasteiger charge is -2.41. The van der Waals surface area contributed by atoms with Crippen molar-refractivity contribution in [2.45, 2.75) is 6.92 Å². The lowest BCUT2D eigenvalue weighted by atomic mass is 9.87. The van der Waals surface area contributed by atoms with Crippen molar-refractivity contribution in [1.29, 1.82) is 0 Å². The fourth-order valence-corrected chi connectivity index (χ4v) is 1.94. The lowest BCUT2D eigenvalue weighted by Crippen LogP contribution is -2.51. The van der Waals surface area contributed by atoms with Crippen LogP contribution in [0.2, 0.25) is 0 Å². The molecule has 0 aliphatic carbocycles. The molecule has 2 heterocycles. The first kappa shape index (κ1) is 13.4. The zero-order chi connectivity index (χ0) is 14.0. The van der Waals surface area contributed by atoms with Crippen LogP contribution in [0.3, 0.4) is 0 Å². The maximum absolute atomic E-state index is 10.9. The molecule has 1 aliphatic rings. The van der Waals surface area contributed by atoms with Gasteiger partial charge in [-0.3, -0.25) is 4.79 Å². The van der Waals surface area contributed by atoms with Crippen molar-refractivity contribution in [1.82, 2.24) is 9.97 Å². The van der Waals surface area contributed by atoms with Gasteiger partial charge in [-0.1, -0.05) is 6.92 Å². The Morgan fingerprint density at radius 2 is 1.89 bits per heavy atom. The summed E-state index contributed by atoms with van der Waals surface area (Å²) in [6, 6.07) is 1.60. The number of hydrogen-bond donors (Lipinski definition) is 1. The van der Waals surface area contributed by atoms with Crippen molar-refractivity contribution >= 4 is 11.9 Å². The summed E-state index contributed by atoms with van der Waals surface area (Å²) in [5.74, 6) is 0.356. The fourth-order valence-electron chi connectivity index (χ4n) is 1.94. The number of ether oxygens (including phenoxy) is 2. The van der Waals surface area contributed by atoms with E-state index >= 15 is 0 Å². The normalized spacial score (nSPS) is 16.7. The van der Waals surface area contributed by atoms with Gasteiger partial charge in [0.2, 0.25) is 17.7 Å². The van der Waals surface area contributed by atoms with E-state index in [-0.39, 0.29) is 11.8 Å². The molecule has 19 heavy (non-hydrogen) atoms. The second kappa shape index (κ2) is 5.29. The highest BCUT2D eigenvalue weighted by atomic mass is 16.5. The van der Waals surface area contributed by atoms with Crippen LogP contribution < -0.4 is 14.4 Å². The van der Waals surface area contributed by atoms with Gasteiger partial charge in [0, 0.05) is 19.0 Å². The average Bonchev–Trinajstić information content (AvgIpc) is 2.36. The third-order valence-electron chi connectivity index (χ3n) is 3.37. The van der Waals surface area contributed by atoms with Crippen LogP contribution in [0.1, 0.15) is 6.92 Å². The Kier molecular flexibility index (Phi) is 3.73. The van der Waals surface area contributed by atoms with Crippen LogP contribution in [0, 0.1) is 11.8 Å². The van der Waals surface area contributed by atoms with Crippen molar-refractivity contribution in [2.24, 2.45) is 11.8 Å². The minimum absolute atomic E-state index is 0.123. The Balaban J connectivity index is 2.07. The molecule has 7 heteroatoms. The maximum atomic E-state index is 10.9. The van der Waals surface area contributed by atoms with Crippen LogP contribution >= 0.6 is 0 Å². The molecule has 1 unspecified atom stereocenters. The summed E-state index contributed by atoms with van der Waals surface area (Å²) in [6.45, 7) is 2.98. The zero-order valence-electron chi connectivity index (χ0n) is 11.2. The largest absolute Gasteiger partial charge is 0.481 e. The Hall–Kier alpha value is -2.05. The first-order valence-electron chi connectivity index (χ1n) is 6.00. The van der Waals surface area contributed by atoms with Gasteiger partial charge in [-0.05, 0) is 0 Å². The number of hydrogen-bond acceptors (Lipinski definition) is 6. The summed E-state index contributed by atoms with van der Waals surface area (Å²) in [4.78, 5) is 21.3. The minimum Gasteiger partial charge on any atom is -0.481 e. The van der Waals surface area contributed by atoms with Gasteiger partial charge in [0.05, 0.1) is 26.2 Å². The molecule has 1 fully saturated rings. The van der Waals surface area contributed by atoms with E-state index in [1.54, 1.807) is 13.0 Å². The van der Waals surface area contributed by atoms with Gasteiger partial charge in [-0.2, -0.15) is 9.97 Å². The Bertz CT molecular complexity index is 452. The van der Waals surface area contributed by atoms with Gasteiger partial charge in [-0.15, -0.1) is 0 Å². The molecule has 1 aliphatic heterocycles. The first-order chi connectivity index (χ1) is 9.05. The van der Waals surface area contributed by atoms with E-state index in [9.17, 15) is 4.79 Å². The monoisotopic (exact) mass is 267 g/mol. The smallest absolute Gasteiger partial charge is 0.306 e. The summed E-state index contributed by atoms with van der Waals surface area (Å²) in [5.41, 5.74) is 0. The van der Waals surface area contributed by atoms with Crippen molar-refractivity contribution in [3.63, 3.8) is 0 Å². The number of carbonyl (C=O) groups is 1. The second-order valence-electron chi connectivity index (χ2n) is 4.54. The Morgan fingerprint density at radius 1 is 1.37 bits per heavy atom. The van der Waals surface area contributed by atoms with Gasteiger partial charge < -0.3 is 19.5 Å². The molecular weight excluding hydrogens is 250 g/mol. The first-order valence-corrected chi connectivity index (χ1v) is 6.00. The molecule has 1 aromatic heterocycles. The molecule has 1 atom stereocenters. The van der Waals surface area contributed by atoms with E-state index in [0.717, 1.165) is 0 Å². The van der Waals surface area contributed by atoms with Crippen LogP contribution in [0.15, 0.2) is 6.07 Å². The molecule has 0 radical (unpaired) electrons. The van der Waals surface area contributed by atoms with Gasteiger partial charge >= 0.3 is 5.97 Å². The Morgan fingerprint density at radius 3 is 2.32 bits per heavy atom. The topological polar surface area (TPSA) is 84.8 Å². The third-order valence-corrected chi connectivity index (χ3v) is 3.37. The molecule has 1 aromatic rings. The molecule has 1 saturated heterocycles.